The molecule has 0 radical (unpaired) electrons. The van der Waals surface area contributed by atoms with E-state index >= 15 is 0 Å². The van der Waals surface area contributed by atoms with Gasteiger partial charge in [-0.05, 0) is 37.3 Å². The van der Waals surface area contributed by atoms with Crippen molar-refractivity contribution in [3.63, 3.8) is 0 Å². The third-order valence-corrected chi connectivity index (χ3v) is 6.28. The Labute approximate surface area is 197 Å². The fraction of sp³-hybridized carbons (Fsp3) is 0.478. The van der Waals surface area contributed by atoms with Crippen LogP contribution in [0.25, 0.3) is 0 Å². The Bertz CT molecular complexity index is 964. The number of carbonyl (C=O) groups excluding carboxylic acids is 3. The van der Waals surface area contributed by atoms with Gasteiger partial charge in [-0.15, -0.1) is 11.3 Å². The van der Waals surface area contributed by atoms with Crippen LogP contribution in [0.5, 0.6) is 0 Å². The predicted octanol–water partition coefficient (Wildman–Crippen LogP) is 2.78. The molecule has 1 saturated heterocycles. The second-order valence-electron chi connectivity index (χ2n) is 7.79. The fourth-order valence-electron chi connectivity index (χ4n) is 3.56. The molecular formula is C23H31N5O4S. The Morgan fingerprint density at radius 3 is 2.91 bits per heavy atom. The summed E-state index contributed by atoms with van der Waals surface area (Å²) in [6.45, 7) is 3.66. The second kappa shape index (κ2) is 12.3. The van der Waals surface area contributed by atoms with Gasteiger partial charge in [0.05, 0.1) is 13.2 Å². The van der Waals surface area contributed by atoms with Crippen LogP contribution in [0, 0.1) is 0 Å². The number of rotatable bonds is 9. The average molecular weight is 474 g/mol. The van der Waals surface area contributed by atoms with Gasteiger partial charge in [0.25, 0.3) is 5.91 Å². The molecule has 3 rings (SSSR count). The summed E-state index contributed by atoms with van der Waals surface area (Å²) < 4.78 is 5.16. The van der Waals surface area contributed by atoms with E-state index in [1.165, 1.54) is 11.3 Å². The van der Waals surface area contributed by atoms with E-state index in [2.05, 4.69) is 20.9 Å². The van der Waals surface area contributed by atoms with Crippen molar-refractivity contribution >= 4 is 34.9 Å². The van der Waals surface area contributed by atoms with E-state index in [0.717, 1.165) is 30.5 Å². The number of urea groups is 1. The normalized spacial score (nSPS) is 15.9. The molecule has 0 bridgehead atoms. The minimum Gasteiger partial charge on any atom is -0.383 e. The molecule has 0 spiro atoms. The molecule has 1 aliphatic heterocycles. The van der Waals surface area contributed by atoms with E-state index in [4.69, 9.17) is 4.74 Å². The zero-order chi connectivity index (χ0) is 23.6. The Balaban J connectivity index is 1.65. The summed E-state index contributed by atoms with van der Waals surface area (Å²) in [6, 6.07) is 6.87. The van der Waals surface area contributed by atoms with E-state index in [9.17, 15) is 14.4 Å². The zero-order valence-electron chi connectivity index (χ0n) is 19.1. The van der Waals surface area contributed by atoms with Crippen LogP contribution in [-0.2, 0) is 22.5 Å². The molecule has 1 atom stereocenters. The Kier molecular flexibility index (Phi) is 9.20. The van der Waals surface area contributed by atoms with Crippen LogP contribution in [0.1, 0.15) is 47.2 Å². The van der Waals surface area contributed by atoms with Gasteiger partial charge in [0, 0.05) is 31.3 Å². The molecule has 9 nitrogen and oxygen atoms in total. The lowest BCUT2D eigenvalue weighted by Crippen LogP contribution is -2.45. The summed E-state index contributed by atoms with van der Waals surface area (Å²) in [4.78, 5) is 43.7. The summed E-state index contributed by atoms with van der Waals surface area (Å²) in [7, 11) is 1.58. The van der Waals surface area contributed by atoms with Crippen LogP contribution in [-0.4, -0.2) is 60.6 Å². The molecule has 0 saturated carbocycles. The highest BCUT2D eigenvalue weighted by molar-refractivity contribution is 7.09. The number of carbonyl (C=O) groups is 3. The van der Waals surface area contributed by atoms with Gasteiger partial charge in [-0.2, -0.15) is 0 Å². The highest BCUT2D eigenvalue weighted by Crippen LogP contribution is 2.18. The highest BCUT2D eigenvalue weighted by atomic mass is 32.1. The quantitative estimate of drug-likeness (QED) is 0.518. The van der Waals surface area contributed by atoms with Crippen molar-refractivity contribution in [1.29, 1.82) is 0 Å². The first-order chi connectivity index (χ1) is 16.0. The molecule has 1 aromatic heterocycles. The molecule has 178 valence electrons. The van der Waals surface area contributed by atoms with Gasteiger partial charge in [0.2, 0.25) is 5.91 Å². The van der Waals surface area contributed by atoms with Crippen LogP contribution < -0.4 is 16.0 Å². The first kappa shape index (κ1) is 24.7. The minimum atomic E-state index is -0.548. The highest BCUT2D eigenvalue weighted by Gasteiger charge is 2.24. The number of nitrogens with one attached hydrogen (secondary N) is 3. The number of para-hydroxylation sites is 1. The van der Waals surface area contributed by atoms with Crippen molar-refractivity contribution in [3.8, 4) is 0 Å². The third kappa shape index (κ3) is 7.00. The average Bonchev–Trinajstić information content (AvgIpc) is 3.20. The summed E-state index contributed by atoms with van der Waals surface area (Å²) in [6.07, 6.45) is 3.19. The van der Waals surface area contributed by atoms with Gasteiger partial charge in [0.15, 0.2) is 0 Å². The molecular weight excluding hydrogens is 442 g/mol. The van der Waals surface area contributed by atoms with Crippen LogP contribution in [0.15, 0.2) is 29.6 Å². The Morgan fingerprint density at radius 1 is 1.30 bits per heavy atom. The molecule has 3 N–H and O–H groups in total. The molecule has 10 heteroatoms. The summed E-state index contributed by atoms with van der Waals surface area (Å²) in [5, 5.41) is 10.8. The molecule has 2 aromatic rings. The monoisotopic (exact) mass is 473 g/mol. The maximum absolute atomic E-state index is 13.0. The third-order valence-electron chi connectivity index (χ3n) is 5.44. The van der Waals surface area contributed by atoms with Gasteiger partial charge in [0.1, 0.15) is 16.7 Å². The molecule has 1 fully saturated rings. The Morgan fingerprint density at radius 2 is 2.12 bits per heavy atom. The summed E-state index contributed by atoms with van der Waals surface area (Å²) in [5.74, 6) is -0.546. The van der Waals surface area contributed by atoms with E-state index in [-0.39, 0.29) is 30.1 Å². The maximum atomic E-state index is 13.0. The number of thiazole rings is 1. The van der Waals surface area contributed by atoms with E-state index in [0.29, 0.717) is 31.1 Å². The fourth-order valence-corrected chi connectivity index (χ4v) is 4.35. The van der Waals surface area contributed by atoms with Crippen LogP contribution in [0.3, 0.4) is 0 Å². The van der Waals surface area contributed by atoms with Crippen LogP contribution in [0.4, 0.5) is 10.5 Å². The Hall–Kier alpha value is -2.98. The van der Waals surface area contributed by atoms with Gasteiger partial charge in [-0.25, -0.2) is 9.78 Å². The molecule has 0 aliphatic carbocycles. The minimum absolute atomic E-state index is 0.161. The molecule has 1 aromatic carbocycles. The van der Waals surface area contributed by atoms with Gasteiger partial charge < -0.3 is 25.6 Å². The van der Waals surface area contributed by atoms with E-state index in [1.807, 2.05) is 31.2 Å². The van der Waals surface area contributed by atoms with Gasteiger partial charge >= 0.3 is 6.03 Å². The lowest BCUT2D eigenvalue weighted by Gasteiger charge is -2.22. The van der Waals surface area contributed by atoms with Crippen molar-refractivity contribution in [1.82, 2.24) is 20.5 Å². The number of methoxy groups -OCH3 is 1. The van der Waals surface area contributed by atoms with Gasteiger partial charge in [-0.3, -0.25) is 9.59 Å². The van der Waals surface area contributed by atoms with Crippen molar-refractivity contribution in [2.75, 3.05) is 32.1 Å². The molecule has 2 heterocycles. The zero-order valence-corrected chi connectivity index (χ0v) is 19.9. The molecule has 1 unspecified atom stereocenters. The number of nitrogens with zero attached hydrogens (tertiary/aromatic N) is 2. The first-order valence-electron chi connectivity index (χ1n) is 11.2. The number of anilines is 1. The molecule has 33 heavy (non-hydrogen) atoms. The van der Waals surface area contributed by atoms with E-state index < -0.39 is 6.04 Å². The number of ether oxygens (including phenoxy) is 1. The topological polar surface area (TPSA) is 113 Å². The summed E-state index contributed by atoms with van der Waals surface area (Å²) >= 11 is 1.30. The number of hydrogen-bond acceptors (Lipinski definition) is 6. The number of aromatic nitrogens is 1. The van der Waals surface area contributed by atoms with Gasteiger partial charge in [-0.1, -0.05) is 25.1 Å². The number of aryl methyl sites for hydroxylation is 1. The first-order valence-corrected chi connectivity index (χ1v) is 12.1. The smallest absolute Gasteiger partial charge is 0.322 e. The van der Waals surface area contributed by atoms with E-state index in [1.54, 1.807) is 17.4 Å². The lowest BCUT2D eigenvalue weighted by atomic mass is 10.1. The van der Waals surface area contributed by atoms with Crippen LogP contribution >= 0.6 is 11.3 Å². The largest absolute Gasteiger partial charge is 0.383 e. The van der Waals surface area contributed by atoms with Crippen molar-refractivity contribution in [2.45, 2.75) is 45.2 Å². The number of benzene rings is 1. The molecule has 1 aliphatic rings. The number of amides is 4. The van der Waals surface area contributed by atoms with Crippen molar-refractivity contribution in [2.24, 2.45) is 0 Å². The standard InChI is InChI=1S/C23H31N5O4S/c1-3-16-8-4-5-9-17(16)27-23(31)28(12-13-32-2)14-20-25-19(15-33-20)22(30)26-18-10-6-7-11-24-21(18)29/h4-5,8-9,15,18H,3,6-7,10-14H2,1-2H3,(H,24,29)(H,26,30)(H,27,31). The molecule has 4 amide bonds. The maximum Gasteiger partial charge on any atom is 0.322 e. The lowest BCUT2D eigenvalue weighted by molar-refractivity contribution is -0.122. The second-order valence-corrected chi connectivity index (χ2v) is 8.74. The summed E-state index contributed by atoms with van der Waals surface area (Å²) in [5.41, 5.74) is 2.07. The van der Waals surface area contributed by atoms with Crippen molar-refractivity contribution < 1.29 is 19.1 Å². The van der Waals surface area contributed by atoms with Crippen LogP contribution in [0.2, 0.25) is 0 Å². The predicted molar refractivity (Wildman–Crippen MR) is 127 cm³/mol. The number of hydrogen-bond donors (Lipinski definition) is 3. The SMILES string of the molecule is CCc1ccccc1NC(=O)N(CCOC)Cc1nc(C(=O)NC2CCCCNC2=O)cs1. The van der Waals surface area contributed by atoms with Crippen molar-refractivity contribution in [3.05, 3.63) is 45.9 Å².